The van der Waals surface area contributed by atoms with Crippen LogP contribution >= 0.6 is 31.9 Å². The molecule has 0 heterocycles. The van der Waals surface area contributed by atoms with Gasteiger partial charge in [-0.05, 0) is 11.1 Å². The van der Waals surface area contributed by atoms with Gasteiger partial charge in [0.05, 0.1) is 0 Å². The molecule has 0 spiro atoms. The lowest BCUT2D eigenvalue weighted by molar-refractivity contribution is -0.106. The van der Waals surface area contributed by atoms with Crippen molar-refractivity contribution in [1.82, 2.24) is 0 Å². The predicted octanol–water partition coefficient (Wildman–Crippen LogP) is 2.58. The summed E-state index contributed by atoms with van der Waals surface area (Å²) in [5.41, 5.74) is 6.83. The minimum absolute atomic E-state index is 0.250. The van der Waals surface area contributed by atoms with E-state index in [-0.39, 0.29) is 6.41 Å². The van der Waals surface area contributed by atoms with E-state index in [0.29, 0.717) is 0 Å². The molecule has 0 saturated carbocycles. The SMILES string of the molecule is BrCc1cccc(CBr)c1.NC=O. The van der Waals surface area contributed by atoms with Crippen molar-refractivity contribution in [1.29, 1.82) is 0 Å². The Balaban J connectivity index is 0.000000424. The normalized spacial score (nSPS) is 8.46. The summed E-state index contributed by atoms with van der Waals surface area (Å²) in [6, 6.07) is 8.48. The Morgan fingerprint density at radius 2 is 1.62 bits per heavy atom. The van der Waals surface area contributed by atoms with E-state index in [0.717, 1.165) is 10.7 Å². The molecule has 1 amide bonds. The van der Waals surface area contributed by atoms with Gasteiger partial charge in [0.2, 0.25) is 6.41 Å². The van der Waals surface area contributed by atoms with Gasteiger partial charge in [-0.2, -0.15) is 0 Å². The third kappa shape index (κ3) is 5.82. The van der Waals surface area contributed by atoms with Gasteiger partial charge >= 0.3 is 0 Å². The highest BCUT2D eigenvalue weighted by molar-refractivity contribution is 9.08. The maximum atomic E-state index is 8.58. The lowest BCUT2D eigenvalue weighted by Gasteiger charge is -1.97. The molecule has 0 aliphatic heterocycles. The number of benzene rings is 1. The smallest absolute Gasteiger partial charge is 0.204 e. The second-order valence-corrected chi connectivity index (χ2v) is 3.34. The number of hydrogen-bond donors (Lipinski definition) is 1. The van der Waals surface area contributed by atoms with Gasteiger partial charge in [-0.25, -0.2) is 0 Å². The minimum Gasteiger partial charge on any atom is -0.372 e. The number of hydrogen-bond acceptors (Lipinski definition) is 1. The summed E-state index contributed by atoms with van der Waals surface area (Å²) in [4.78, 5) is 8.58. The molecule has 2 N–H and O–H groups in total. The number of alkyl halides is 2. The van der Waals surface area contributed by atoms with Crippen LogP contribution in [0.3, 0.4) is 0 Å². The predicted molar refractivity (Wildman–Crippen MR) is 62.0 cm³/mol. The first-order valence-electron chi connectivity index (χ1n) is 3.63. The summed E-state index contributed by atoms with van der Waals surface area (Å²) in [6.07, 6.45) is 0.250. The van der Waals surface area contributed by atoms with Crippen LogP contribution in [-0.4, -0.2) is 6.41 Å². The lowest BCUT2D eigenvalue weighted by Crippen LogP contribution is -1.82. The van der Waals surface area contributed by atoms with Crippen molar-refractivity contribution >= 4 is 38.3 Å². The van der Waals surface area contributed by atoms with Crippen LogP contribution < -0.4 is 5.73 Å². The molecule has 0 aliphatic carbocycles. The molecule has 1 rings (SSSR count). The lowest BCUT2D eigenvalue weighted by atomic mass is 10.2. The zero-order valence-electron chi connectivity index (χ0n) is 7.04. The van der Waals surface area contributed by atoms with Gasteiger partial charge in [0.15, 0.2) is 0 Å². The van der Waals surface area contributed by atoms with Crippen molar-refractivity contribution in [2.75, 3.05) is 0 Å². The van der Waals surface area contributed by atoms with E-state index in [1.807, 2.05) is 0 Å². The van der Waals surface area contributed by atoms with Gasteiger partial charge in [0.25, 0.3) is 0 Å². The number of amides is 1. The summed E-state index contributed by atoms with van der Waals surface area (Å²) in [7, 11) is 0. The third-order valence-electron chi connectivity index (χ3n) is 1.30. The Morgan fingerprint density at radius 3 is 1.92 bits per heavy atom. The van der Waals surface area contributed by atoms with Gasteiger partial charge in [0, 0.05) is 10.7 Å². The molecular formula is C9H11Br2NO. The van der Waals surface area contributed by atoms with Crippen molar-refractivity contribution in [3.05, 3.63) is 35.4 Å². The molecule has 0 fully saturated rings. The Labute approximate surface area is 94.8 Å². The Kier molecular flexibility index (Phi) is 8.04. The Bertz CT molecular complexity index is 234. The fourth-order valence-corrected chi connectivity index (χ4v) is 1.49. The number of nitrogens with two attached hydrogens (primary N) is 1. The second-order valence-electron chi connectivity index (χ2n) is 2.22. The summed E-state index contributed by atoms with van der Waals surface area (Å²) in [6.45, 7) is 0. The van der Waals surface area contributed by atoms with Crippen LogP contribution in [0, 0.1) is 0 Å². The van der Waals surface area contributed by atoms with Gasteiger partial charge in [-0.3, -0.25) is 4.79 Å². The Hall–Kier alpha value is -0.350. The highest BCUT2D eigenvalue weighted by Crippen LogP contribution is 2.10. The van der Waals surface area contributed by atoms with Crippen molar-refractivity contribution in [2.45, 2.75) is 10.7 Å². The summed E-state index contributed by atoms with van der Waals surface area (Å²) in [5.74, 6) is 0. The highest BCUT2D eigenvalue weighted by atomic mass is 79.9. The van der Waals surface area contributed by atoms with E-state index < -0.39 is 0 Å². The van der Waals surface area contributed by atoms with Crippen molar-refractivity contribution in [3.8, 4) is 0 Å². The van der Waals surface area contributed by atoms with Crippen LogP contribution in [0.4, 0.5) is 0 Å². The molecule has 4 heteroatoms. The number of carbonyl (C=O) groups is 1. The molecule has 0 aromatic heterocycles. The molecule has 0 unspecified atom stereocenters. The van der Waals surface area contributed by atoms with E-state index in [4.69, 9.17) is 4.79 Å². The van der Waals surface area contributed by atoms with E-state index in [9.17, 15) is 0 Å². The van der Waals surface area contributed by atoms with Crippen LogP contribution in [0.25, 0.3) is 0 Å². The number of primary amides is 1. The average molecular weight is 309 g/mol. The first-order valence-corrected chi connectivity index (χ1v) is 5.87. The van der Waals surface area contributed by atoms with E-state index in [1.165, 1.54) is 11.1 Å². The maximum Gasteiger partial charge on any atom is 0.204 e. The molecule has 0 saturated heterocycles. The summed E-state index contributed by atoms with van der Waals surface area (Å²) in [5, 5.41) is 1.88. The minimum atomic E-state index is 0.250. The van der Waals surface area contributed by atoms with Crippen molar-refractivity contribution < 1.29 is 4.79 Å². The van der Waals surface area contributed by atoms with Gasteiger partial charge in [0.1, 0.15) is 0 Å². The maximum absolute atomic E-state index is 8.58. The fourth-order valence-electron chi connectivity index (χ4n) is 0.796. The molecule has 1 aromatic carbocycles. The molecule has 13 heavy (non-hydrogen) atoms. The zero-order chi connectivity index (χ0) is 10.1. The first-order chi connectivity index (χ1) is 6.28. The molecule has 72 valence electrons. The van der Waals surface area contributed by atoms with E-state index >= 15 is 0 Å². The van der Waals surface area contributed by atoms with Gasteiger partial charge in [-0.15, -0.1) is 0 Å². The standard InChI is InChI=1S/C8H8Br2.CH3NO/c9-5-7-2-1-3-8(4-7)6-10;2-1-3/h1-4H,5-6H2;1H,(H2,2,3). The highest BCUT2D eigenvalue weighted by Gasteiger charge is 1.90. The average Bonchev–Trinajstić information content (AvgIpc) is 2.19. The number of carbonyl (C=O) groups excluding carboxylic acids is 1. The largest absolute Gasteiger partial charge is 0.372 e. The monoisotopic (exact) mass is 307 g/mol. The van der Waals surface area contributed by atoms with Gasteiger partial charge < -0.3 is 5.73 Å². The van der Waals surface area contributed by atoms with Crippen LogP contribution in [0.15, 0.2) is 24.3 Å². The number of rotatable bonds is 2. The molecule has 0 radical (unpaired) electrons. The molecule has 0 bridgehead atoms. The molecule has 2 nitrogen and oxygen atoms in total. The molecular weight excluding hydrogens is 298 g/mol. The van der Waals surface area contributed by atoms with E-state index in [2.05, 4.69) is 61.9 Å². The van der Waals surface area contributed by atoms with Crippen LogP contribution in [0.2, 0.25) is 0 Å². The number of halogens is 2. The Morgan fingerprint density at radius 1 is 1.23 bits per heavy atom. The molecule has 0 aliphatic rings. The van der Waals surface area contributed by atoms with Crippen LogP contribution in [0.5, 0.6) is 0 Å². The van der Waals surface area contributed by atoms with Crippen LogP contribution in [-0.2, 0) is 15.5 Å². The summed E-state index contributed by atoms with van der Waals surface area (Å²) >= 11 is 6.81. The molecule has 1 aromatic rings. The fraction of sp³-hybridized carbons (Fsp3) is 0.222. The van der Waals surface area contributed by atoms with E-state index in [1.54, 1.807) is 0 Å². The quantitative estimate of drug-likeness (QED) is 0.662. The van der Waals surface area contributed by atoms with Crippen LogP contribution in [0.1, 0.15) is 11.1 Å². The third-order valence-corrected chi connectivity index (χ3v) is 2.59. The van der Waals surface area contributed by atoms with Gasteiger partial charge in [-0.1, -0.05) is 56.1 Å². The van der Waals surface area contributed by atoms with Crippen molar-refractivity contribution in [3.63, 3.8) is 0 Å². The van der Waals surface area contributed by atoms with Crippen molar-refractivity contribution in [2.24, 2.45) is 5.73 Å². The topological polar surface area (TPSA) is 43.1 Å². The zero-order valence-corrected chi connectivity index (χ0v) is 10.2. The molecule has 0 atom stereocenters. The summed E-state index contributed by atoms with van der Waals surface area (Å²) < 4.78 is 0. The second kappa shape index (κ2) is 8.26. The first kappa shape index (κ1) is 12.7.